The normalized spacial score (nSPS) is 10.7. The van der Waals surface area contributed by atoms with Crippen molar-refractivity contribution in [3.63, 3.8) is 0 Å². The third kappa shape index (κ3) is 3.26. The monoisotopic (exact) mass is 349 g/mol. The number of thiophene rings is 1. The van der Waals surface area contributed by atoms with E-state index in [-0.39, 0.29) is 0 Å². The highest BCUT2D eigenvalue weighted by Gasteiger charge is 2.10. The summed E-state index contributed by atoms with van der Waals surface area (Å²) in [6, 6.07) is 14.0. The molecule has 1 aromatic carbocycles. The molecular weight excluding hydrogens is 338 g/mol. The van der Waals surface area contributed by atoms with Crippen molar-refractivity contribution in [2.75, 3.05) is 11.9 Å². The van der Waals surface area contributed by atoms with Crippen molar-refractivity contribution in [2.45, 2.75) is 6.42 Å². The predicted octanol–water partition coefficient (Wildman–Crippen LogP) is 4.22. The van der Waals surface area contributed by atoms with Gasteiger partial charge in [-0.2, -0.15) is 4.98 Å². The molecule has 4 nitrogen and oxygen atoms in total. The van der Waals surface area contributed by atoms with Gasteiger partial charge in [-0.15, -0.1) is 11.3 Å². The Bertz CT molecular complexity index is 681. The zero-order valence-electron chi connectivity index (χ0n) is 10.5. The van der Waals surface area contributed by atoms with Crippen LogP contribution in [-0.2, 0) is 6.42 Å². The molecule has 0 saturated heterocycles. The number of benzene rings is 1. The van der Waals surface area contributed by atoms with Crippen molar-refractivity contribution < 1.29 is 4.52 Å². The van der Waals surface area contributed by atoms with Gasteiger partial charge in [0.05, 0.1) is 8.66 Å². The molecule has 20 heavy (non-hydrogen) atoms. The largest absolute Gasteiger partial charge is 0.385 e. The molecule has 0 fully saturated rings. The van der Waals surface area contributed by atoms with Crippen LogP contribution in [0.2, 0.25) is 0 Å². The van der Waals surface area contributed by atoms with Crippen molar-refractivity contribution in [3.05, 3.63) is 52.1 Å². The second kappa shape index (κ2) is 6.19. The first-order valence-corrected chi connectivity index (χ1v) is 7.79. The molecule has 2 aromatic heterocycles. The van der Waals surface area contributed by atoms with Crippen LogP contribution in [0.25, 0.3) is 10.7 Å². The maximum Gasteiger partial charge on any atom is 0.228 e. The second-order valence-corrected chi connectivity index (χ2v) is 6.62. The summed E-state index contributed by atoms with van der Waals surface area (Å²) in [5, 5.41) is 7.31. The van der Waals surface area contributed by atoms with Crippen molar-refractivity contribution in [1.29, 1.82) is 0 Å². The van der Waals surface area contributed by atoms with Gasteiger partial charge < -0.3 is 9.84 Å². The zero-order chi connectivity index (χ0) is 13.8. The average Bonchev–Trinajstić information content (AvgIpc) is 3.09. The van der Waals surface area contributed by atoms with Gasteiger partial charge in [-0.1, -0.05) is 23.4 Å². The van der Waals surface area contributed by atoms with Crippen LogP contribution in [0.15, 0.2) is 50.8 Å². The van der Waals surface area contributed by atoms with E-state index < -0.39 is 0 Å². The van der Waals surface area contributed by atoms with E-state index in [1.807, 2.05) is 42.5 Å². The van der Waals surface area contributed by atoms with Gasteiger partial charge in [-0.05, 0) is 40.2 Å². The summed E-state index contributed by atoms with van der Waals surface area (Å²) >= 11 is 5.02. The lowest BCUT2D eigenvalue weighted by Gasteiger charge is -2.02. The number of nitrogens with one attached hydrogen (secondary N) is 1. The minimum atomic E-state index is 0.646. The van der Waals surface area contributed by atoms with Crippen molar-refractivity contribution in [2.24, 2.45) is 0 Å². The standard InChI is InChI=1S/C14H12BrN3OS/c15-12-7-6-11(20-12)14-17-13(19-18-14)8-9-16-10-4-2-1-3-5-10/h1-7,16H,8-9H2. The van der Waals surface area contributed by atoms with E-state index in [0.29, 0.717) is 18.1 Å². The minimum Gasteiger partial charge on any atom is -0.385 e. The number of anilines is 1. The molecule has 3 aromatic rings. The molecule has 0 atom stereocenters. The van der Waals surface area contributed by atoms with E-state index in [4.69, 9.17) is 4.52 Å². The Morgan fingerprint density at radius 3 is 2.75 bits per heavy atom. The Kier molecular flexibility index (Phi) is 4.13. The van der Waals surface area contributed by atoms with Gasteiger partial charge >= 0.3 is 0 Å². The van der Waals surface area contributed by atoms with Gasteiger partial charge in [0.25, 0.3) is 0 Å². The van der Waals surface area contributed by atoms with Gasteiger partial charge in [-0.3, -0.25) is 0 Å². The molecule has 0 bridgehead atoms. The quantitative estimate of drug-likeness (QED) is 0.749. The van der Waals surface area contributed by atoms with E-state index >= 15 is 0 Å². The van der Waals surface area contributed by atoms with Crippen LogP contribution in [0.5, 0.6) is 0 Å². The van der Waals surface area contributed by atoms with Gasteiger partial charge in [0, 0.05) is 18.7 Å². The molecule has 0 aliphatic carbocycles. The van der Waals surface area contributed by atoms with Gasteiger partial charge in [0.2, 0.25) is 11.7 Å². The number of nitrogens with zero attached hydrogens (tertiary/aromatic N) is 2. The van der Waals surface area contributed by atoms with E-state index in [1.54, 1.807) is 11.3 Å². The topological polar surface area (TPSA) is 51.0 Å². The van der Waals surface area contributed by atoms with E-state index in [2.05, 4.69) is 31.4 Å². The minimum absolute atomic E-state index is 0.646. The van der Waals surface area contributed by atoms with Crippen LogP contribution in [0.3, 0.4) is 0 Å². The number of aromatic nitrogens is 2. The Balaban J connectivity index is 1.58. The average molecular weight is 350 g/mol. The smallest absolute Gasteiger partial charge is 0.228 e. The van der Waals surface area contributed by atoms with Crippen molar-refractivity contribution in [3.8, 4) is 10.7 Å². The number of hydrogen-bond donors (Lipinski definition) is 1. The number of halogens is 1. The fraction of sp³-hybridized carbons (Fsp3) is 0.143. The molecule has 0 saturated carbocycles. The highest BCUT2D eigenvalue weighted by molar-refractivity contribution is 9.11. The molecule has 0 unspecified atom stereocenters. The lowest BCUT2D eigenvalue weighted by Crippen LogP contribution is -2.04. The second-order valence-electron chi connectivity index (χ2n) is 4.16. The molecule has 3 rings (SSSR count). The molecule has 1 N–H and O–H groups in total. The molecule has 0 amide bonds. The molecule has 0 radical (unpaired) electrons. The van der Waals surface area contributed by atoms with E-state index in [1.165, 1.54) is 0 Å². The van der Waals surface area contributed by atoms with Gasteiger partial charge in [0.15, 0.2) is 0 Å². The molecule has 0 aliphatic heterocycles. The fourth-order valence-corrected chi connectivity index (χ4v) is 3.07. The summed E-state index contributed by atoms with van der Waals surface area (Å²) < 4.78 is 6.32. The van der Waals surface area contributed by atoms with Crippen LogP contribution in [0.1, 0.15) is 5.89 Å². The summed E-state index contributed by atoms with van der Waals surface area (Å²) in [6.07, 6.45) is 0.703. The molecule has 102 valence electrons. The molecule has 0 aliphatic rings. The molecule has 2 heterocycles. The number of hydrogen-bond acceptors (Lipinski definition) is 5. The number of rotatable bonds is 5. The Hall–Kier alpha value is -1.66. The summed E-state index contributed by atoms with van der Waals surface area (Å²) in [6.45, 7) is 0.764. The van der Waals surface area contributed by atoms with Crippen LogP contribution in [0.4, 0.5) is 5.69 Å². The van der Waals surface area contributed by atoms with E-state index in [0.717, 1.165) is 20.9 Å². The summed E-state index contributed by atoms with van der Waals surface area (Å²) in [4.78, 5) is 5.40. The van der Waals surface area contributed by atoms with Crippen LogP contribution < -0.4 is 5.32 Å². The third-order valence-corrected chi connectivity index (χ3v) is 4.32. The molecule has 6 heteroatoms. The lowest BCUT2D eigenvalue weighted by atomic mass is 10.3. The fourth-order valence-electron chi connectivity index (χ4n) is 1.76. The molecular formula is C14H12BrN3OS. The Morgan fingerprint density at radius 2 is 2.00 bits per heavy atom. The summed E-state index contributed by atoms with van der Waals surface area (Å²) in [5.41, 5.74) is 1.09. The first-order valence-electron chi connectivity index (χ1n) is 6.18. The Morgan fingerprint density at radius 1 is 1.15 bits per heavy atom. The van der Waals surface area contributed by atoms with Crippen LogP contribution in [0, 0.1) is 0 Å². The first-order chi connectivity index (χ1) is 9.81. The van der Waals surface area contributed by atoms with Gasteiger partial charge in [0.1, 0.15) is 0 Å². The summed E-state index contributed by atoms with van der Waals surface area (Å²) in [5.74, 6) is 1.29. The first kappa shape index (κ1) is 13.3. The van der Waals surface area contributed by atoms with Gasteiger partial charge in [-0.25, -0.2) is 0 Å². The highest BCUT2D eigenvalue weighted by atomic mass is 79.9. The van der Waals surface area contributed by atoms with Crippen LogP contribution >= 0.6 is 27.3 Å². The molecule has 0 spiro atoms. The Labute approximate surface area is 129 Å². The number of para-hydroxylation sites is 1. The highest BCUT2D eigenvalue weighted by Crippen LogP contribution is 2.29. The SMILES string of the molecule is Brc1ccc(-c2noc(CCNc3ccccc3)n2)s1. The van der Waals surface area contributed by atoms with E-state index in [9.17, 15) is 0 Å². The maximum atomic E-state index is 5.26. The predicted molar refractivity (Wildman–Crippen MR) is 83.9 cm³/mol. The zero-order valence-corrected chi connectivity index (χ0v) is 12.9. The summed E-state index contributed by atoms with van der Waals surface area (Å²) in [7, 11) is 0. The third-order valence-electron chi connectivity index (χ3n) is 2.70. The maximum absolute atomic E-state index is 5.26. The van der Waals surface area contributed by atoms with Crippen molar-refractivity contribution >= 4 is 33.0 Å². The lowest BCUT2D eigenvalue weighted by molar-refractivity contribution is 0.381. The van der Waals surface area contributed by atoms with Crippen LogP contribution in [-0.4, -0.2) is 16.7 Å². The van der Waals surface area contributed by atoms with Crippen molar-refractivity contribution in [1.82, 2.24) is 10.1 Å².